The summed E-state index contributed by atoms with van der Waals surface area (Å²) in [6, 6.07) is 5.98. The van der Waals surface area contributed by atoms with E-state index >= 15 is 0 Å². The predicted octanol–water partition coefficient (Wildman–Crippen LogP) is 1.91. The largest absolute Gasteiger partial charge is 0.493 e. The molecule has 106 valence electrons. The Morgan fingerprint density at radius 3 is 2.74 bits per heavy atom. The molecule has 0 aliphatic carbocycles. The topological polar surface area (TPSA) is 33.7 Å². The van der Waals surface area contributed by atoms with E-state index in [1.807, 2.05) is 18.2 Å². The maximum absolute atomic E-state index is 5.52. The Balaban J connectivity index is 2.53. The van der Waals surface area contributed by atoms with Gasteiger partial charge in [-0.05, 0) is 31.8 Å². The third-order valence-electron chi connectivity index (χ3n) is 2.65. The highest BCUT2D eigenvalue weighted by atomic mass is 16.5. The summed E-state index contributed by atoms with van der Waals surface area (Å²) in [6.45, 7) is 6.93. The summed E-state index contributed by atoms with van der Waals surface area (Å²) in [5, 5.41) is 3.39. The number of nitrogens with zero attached hydrogens (tertiary/aromatic N) is 1. The highest BCUT2D eigenvalue weighted by molar-refractivity contribution is 5.43. The van der Waals surface area contributed by atoms with Gasteiger partial charge in [0.05, 0.1) is 7.11 Å². The van der Waals surface area contributed by atoms with Gasteiger partial charge in [0.1, 0.15) is 6.61 Å². The van der Waals surface area contributed by atoms with Crippen LogP contribution in [0.1, 0.15) is 5.56 Å². The van der Waals surface area contributed by atoms with E-state index in [0.29, 0.717) is 6.61 Å². The average Bonchev–Trinajstić information content (AvgIpc) is 2.41. The Bertz CT molecular complexity index is 392. The SMILES string of the molecule is C=CCOc1ccc(CNCCN(C)C)cc1OC. The van der Waals surface area contributed by atoms with Crippen molar-refractivity contribution >= 4 is 0 Å². The summed E-state index contributed by atoms with van der Waals surface area (Å²) < 4.78 is 10.9. The third-order valence-corrected chi connectivity index (χ3v) is 2.65. The van der Waals surface area contributed by atoms with E-state index in [9.17, 15) is 0 Å². The van der Waals surface area contributed by atoms with Crippen LogP contribution in [0.3, 0.4) is 0 Å². The van der Waals surface area contributed by atoms with Crippen molar-refractivity contribution in [1.82, 2.24) is 10.2 Å². The maximum atomic E-state index is 5.52. The summed E-state index contributed by atoms with van der Waals surface area (Å²) in [4.78, 5) is 2.15. The van der Waals surface area contributed by atoms with Gasteiger partial charge in [-0.2, -0.15) is 0 Å². The number of methoxy groups -OCH3 is 1. The highest BCUT2D eigenvalue weighted by Crippen LogP contribution is 2.27. The van der Waals surface area contributed by atoms with Gasteiger partial charge in [0.25, 0.3) is 0 Å². The Morgan fingerprint density at radius 2 is 2.11 bits per heavy atom. The molecule has 0 aliphatic rings. The fraction of sp³-hybridized carbons (Fsp3) is 0.467. The monoisotopic (exact) mass is 264 g/mol. The second-order valence-electron chi connectivity index (χ2n) is 4.56. The van der Waals surface area contributed by atoms with Crippen LogP contribution in [-0.2, 0) is 6.54 Å². The molecule has 0 unspecified atom stereocenters. The number of benzene rings is 1. The molecule has 0 radical (unpaired) electrons. The van der Waals surface area contributed by atoms with Crippen molar-refractivity contribution in [3.8, 4) is 11.5 Å². The molecule has 1 rings (SSSR count). The minimum absolute atomic E-state index is 0.483. The summed E-state index contributed by atoms with van der Waals surface area (Å²) in [5.41, 5.74) is 1.18. The van der Waals surface area contributed by atoms with Crippen molar-refractivity contribution in [2.24, 2.45) is 0 Å². The van der Waals surface area contributed by atoms with E-state index in [4.69, 9.17) is 9.47 Å². The van der Waals surface area contributed by atoms with Crippen molar-refractivity contribution in [3.05, 3.63) is 36.4 Å². The quantitative estimate of drug-likeness (QED) is 0.546. The summed E-state index contributed by atoms with van der Waals surface area (Å²) in [6.07, 6.45) is 1.72. The van der Waals surface area contributed by atoms with Gasteiger partial charge in [0.15, 0.2) is 11.5 Å². The molecule has 0 saturated heterocycles. The van der Waals surface area contributed by atoms with E-state index < -0.39 is 0 Å². The van der Waals surface area contributed by atoms with Gasteiger partial charge in [-0.15, -0.1) is 0 Å². The van der Waals surface area contributed by atoms with Gasteiger partial charge in [0, 0.05) is 19.6 Å². The van der Waals surface area contributed by atoms with Crippen LogP contribution in [-0.4, -0.2) is 45.8 Å². The van der Waals surface area contributed by atoms with Crippen LogP contribution < -0.4 is 14.8 Å². The summed E-state index contributed by atoms with van der Waals surface area (Å²) in [5.74, 6) is 1.51. The van der Waals surface area contributed by atoms with Crippen molar-refractivity contribution in [3.63, 3.8) is 0 Å². The molecule has 0 spiro atoms. The van der Waals surface area contributed by atoms with Crippen molar-refractivity contribution in [2.45, 2.75) is 6.54 Å². The van der Waals surface area contributed by atoms with Gasteiger partial charge in [-0.25, -0.2) is 0 Å². The van der Waals surface area contributed by atoms with E-state index in [-0.39, 0.29) is 0 Å². The number of rotatable bonds is 9. The molecule has 0 amide bonds. The molecule has 0 atom stereocenters. The molecular weight excluding hydrogens is 240 g/mol. The molecule has 4 heteroatoms. The van der Waals surface area contributed by atoms with E-state index in [1.54, 1.807) is 13.2 Å². The Kier molecular flexibility index (Phi) is 7.00. The molecule has 1 aromatic rings. The van der Waals surface area contributed by atoms with Gasteiger partial charge in [0.2, 0.25) is 0 Å². The van der Waals surface area contributed by atoms with E-state index in [2.05, 4.69) is 30.9 Å². The van der Waals surface area contributed by atoms with Crippen LogP contribution in [0.4, 0.5) is 0 Å². The number of hydrogen-bond acceptors (Lipinski definition) is 4. The minimum Gasteiger partial charge on any atom is -0.493 e. The van der Waals surface area contributed by atoms with Crippen molar-refractivity contribution < 1.29 is 9.47 Å². The molecule has 0 aromatic heterocycles. The first-order valence-electron chi connectivity index (χ1n) is 6.43. The normalized spacial score (nSPS) is 10.5. The zero-order chi connectivity index (χ0) is 14.1. The van der Waals surface area contributed by atoms with Crippen molar-refractivity contribution in [1.29, 1.82) is 0 Å². The predicted molar refractivity (Wildman–Crippen MR) is 78.9 cm³/mol. The first-order valence-corrected chi connectivity index (χ1v) is 6.43. The van der Waals surface area contributed by atoms with Crippen molar-refractivity contribution in [2.75, 3.05) is 40.9 Å². The number of nitrogens with one attached hydrogen (secondary N) is 1. The standard InChI is InChI=1S/C15H24N2O2/c1-5-10-19-14-7-6-13(11-15(14)18-4)12-16-8-9-17(2)3/h5-7,11,16H,1,8-10,12H2,2-4H3. The zero-order valence-corrected chi connectivity index (χ0v) is 12.1. The molecule has 4 nitrogen and oxygen atoms in total. The molecular formula is C15H24N2O2. The highest BCUT2D eigenvalue weighted by Gasteiger charge is 2.05. The molecule has 0 bridgehead atoms. The molecule has 0 aliphatic heterocycles. The first-order chi connectivity index (χ1) is 9.17. The molecule has 0 fully saturated rings. The van der Waals surface area contributed by atoms with E-state index in [1.165, 1.54) is 5.56 Å². The van der Waals surface area contributed by atoms with Crippen LogP contribution >= 0.6 is 0 Å². The molecule has 1 N–H and O–H groups in total. The van der Waals surface area contributed by atoms with Gasteiger partial charge >= 0.3 is 0 Å². The van der Waals surface area contributed by atoms with Crippen LogP contribution in [0, 0.1) is 0 Å². The zero-order valence-electron chi connectivity index (χ0n) is 12.1. The molecule has 19 heavy (non-hydrogen) atoms. The lowest BCUT2D eigenvalue weighted by Gasteiger charge is -2.13. The lowest BCUT2D eigenvalue weighted by atomic mass is 10.2. The van der Waals surface area contributed by atoms with Gasteiger partial charge in [-0.3, -0.25) is 0 Å². The van der Waals surface area contributed by atoms with E-state index in [0.717, 1.165) is 31.1 Å². The summed E-state index contributed by atoms with van der Waals surface area (Å²) >= 11 is 0. The Hall–Kier alpha value is -1.52. The number of hydrogen-bond donors (Lipinski definition) is 1. The van der Waals surface area contributed by atoms with Gasteiger partial charge < -0.3 is 19.7 Å². The second kappa shape index (κ2) is 8.56. The lowest BCUT2D eigenvalue weighted by Crippen LogP contribution is -2.26. The lowest BCUT2D eigenvalue weighted by molar-refractivity contribution is 0.326. The molecule has 0 heterocycles. The third kappa shape index (κ3) is 5.77. The fourth-order valence-corrected chi connectivity index (χ4v) is 1.63. The second-order valence-corrected chi connectivity index (χ2v) is 4.56. The molecule has 1 aromatic carbocycles. The van der Waals surface area contributed by atoms with Crippen LogP contribution in [0.5, 0.6) is 11.5 Å². The smallest absolute Gasteiger partial charge is 0.161 e. The Morgan fingerprint density at radius 1 is 1.32 bits per heavy atom. The van der Waals surface area contributed by atoms with Gasteiger partial charge in [-0.1, -0.05) is 18.7 Å². The van der Waals surface area contributed by atoms with Crippen LogP contribution in [0.2, 0.25) is 0 Å². The van der Waals surface area contributed by atoms with Crippen LogP contribution in [0.15, 0.2) is 30.9 Å². The number of ether oxygens (including phenoxy) is 2. The summed E-state index contributed by atoms with van der Waals surface area (Å²) in [7, 11) is 5.78. The maximum Gasteiger partial charge on any atom is 0.161 e. The minimum atomic E-state index is 0.483. The Labute approximate surface area is 116 Å². The first kappa shape index (κ1) is 15.5. The fourth-order valence-electron chi connectivity index (χ4n) is 1.63. The average molecular weight is 264 g/mol. The van der Waals surface area contributed by atoms with Crippen LogP contribution in [0.25, 0.3) is 0 Å². The number of likely N-dealkylation sites (N-methyl/N-ethyl adjacent to an activating group) is 1. The molecule has 0 saturated carbocycles.